The Morgan fingerprint density at radius 2 is 2.38 bits per heavy atom. The van der Waals surface area contributed by atoms with Crippen LogP contribution in [0.15, 0.2) is 0 Å². The summed E-state index contributed by atoms with van der Waals surface area (Å²) < 4.78 is 4.75. The fourth-order valence-electron chi connectivity index (χ4n) is 2.45. The van der Waals surface area contributed by atoms with Crippen molar-refractivity contribution < 1.29 is 14.3 Å². The Labute approximate surface area is 76.8 Å². The van der Waals surface area contributed by atoms with Gasteiger partial charge in [0.1, 0.15) is 11.3 Å². The summed E-state index contributed by atoms with van der Waals surface area (Å²) in [5, 5.41) is 0. The van der Waals surface area contributed by atoms with Crippen LogP contribution in [0.5, 0.6) is 0 Å². The first-order valence-electron chi connectivity index (χ1n) is 4.54. The second-order valence-corrected chi connectivity index (χ2v) is 3.76. The monoisotopic (exact) mass is 183 g/mol. The van der Waals surface area contributed by atoms with E-state index in [-0.39, 0.29) is 11.8 Å². The standard InChI is InChI=1S/C9H13NO3/c1-13-8(12)9-3-2-4-10(9)6-7(11)5-9/h2-6H2,1H3/t9-/m1/s1. The lowest BCUT2D eigenvalue weighted by atomic mass is 9.94. The van der Waals surface area contributed by atoms with Crippen molar-refractivity contribution in [3.05, 3.63) is 0 Å². The largest absolute Gasteiger partial charge is 0.468 e. The summed E-state index contributed by atoms with van der Waals surface area (Å²) in [6, 6.07) is 0. The van der Waals surface area contributed by atoms with Gasteiger partial charge >= 0.3 is 5.97 Å². The van der Waals surface area contributed by atoms with Gasteiger partial charge in [-0.25, -0.2) is 0 Å². The summed E-state index contributed by atoms with van der Waals surface area (Å²) >= 11 is 0. The summed E-state index contributed by atoms with van der Waals surface area (Å²) in [7, 11) is 1.39. The smallest absolute Gasteiger partial charge is 0.326 e. The number of rotatable bonds is 1. The molecule has 0 aromatic heterocycles. The van der Waals surface area contributed by atoms with Gasteiger partial charge in [-0.2, -0.15) is 0 Å². The second kappa shape index (κ2) is 2.80. The molecule has 2 saturated heterocycles. The first-order valence-corrected chi connectivity index (χ1v) is 4.54. The van der Waals surface area contributed by atoms with Crippen molar-refractivity contribution in [1.29, 1.82) is 0 Å². The van der Waals surface area contributed by atoms with E-state index in [0.29, 0.717) is 13.0 Å². The summed E-state index contributed by atoms with van der Waals surface area (Å²) in [6.45, 7) is 1.27. The third-order valence-electron chi connectivity index (χ3n) is 3.05. The zero-order chi connectivity index (χ0) is 9.47. The molecule has 2 aliphatic rings. The van der Waals surface area contributed by atoms with Gasteiger partial charge < -0.3 is 4.74 Å². The summed E-state index contributed by atoms with van der Waals surface area (Å²) in [4.78, 5) is 24.7. The molecule has 4 nitrogen and oxygen atoms in total. The van der Waals surface area contributed by atoms with Crippen LogP contribution in [0.4, 0.5) is 0 Å². The lowest BCUT2D eigenvalue weighted by Crippen LogP contribution is -2.46. The van der Waals surface area contributed by atoms with Crippen molar-refractivity contribution in [2.75, 3.05) is 20.2 Å². The lowest BCUT2D eigenvalue weighted by molar-refractivity contribution is -0.152. The molecule has 0 aromatic carbocycles. The molecule has 72 valence electrons. The molecule has 0 bridgehead atoms. The van der Waals surface area contributed by atoms with Crippen molar-refractivity contribution in [3.8, 4) is 0 Å². The highest BCUT2D eigenvalue weighted by Crippen LogP contribution is 2.38. The molecule has 0 radical (unpaired) electrons. The summed E-state index contributed by atoms with van der Waals surface area (Å²) in [5.74, 6) is -0.0825. The van der Waals surface area contributed by atoms with Gasteiger partial charge in [0.05, 0.1) is 13.7 Å². The molecular weight excluding hydrogens is 170 g/mol. The van der Waals surface area contributed by atoms with E-state index in [2.05, 4.69) is 0 Å². The molecule has 0 N–H and O–H groups in total. The Morgan fingerprint density at radius 1 is 1.62 bits per heavy atom. The SMILES string of the molecule is COC(=O)[C@]12CCCN1CC(=O)C2. The minimum atomic E-state index is -0.591. The van der Waals surface area contributed by atoms with Gasteiger partial charge in [0.25, 0.3) is 0 Å². The Kier molecular flexibility index (Phi) is 1.87. The molecule has 0 saturated carbocycles. The topological polar surface area (TPSA) is 46.6 Å². The fourth-order valence-corrected chi connectivity index (χ4v) is 2.45. The van der Waals surface area contributed by atoms with Crippen LogP contribution in [-0.4, -0.2) is 42.4 Å². The van der Waals surface area contributed by atoms with E-state index >= 15 is 0 Å². The molecule has 0 unspecified atom stereocenters. The number of carbonyl (C=O) groups excluding carboxylic acids is 2. The number of hydrogen-bond acceptors (Lipinski definition) is 4. The van der Waals surface area contributed by atoms with E-state index in [4.69, 9.17) is 4.74 Å². The van der Waals surface area contributed by atoms with E-state index in [1.165, 1.54) is 7.11 Å². The highest BCUT2D eigenvalue weighted by molar-refractivity contribution is 5.94. The van der Waals surface area contributed by atoms with Gasteiger partial charge in [-0.3, -0.25) is 14.5 Å². The normalized spacial score (nSPS) is 33.5. The maximum Gasteiger partial charge on any atom is 0.326 e. The molecule has 0 amide bonds. The van der Waals surface area contributed by atoms with Crippen LogP contribution < -0.4 is 0 Å². The fraction of sp³-hybridized carbons (Fsp3) is 0.778. The minimum absolute atomic E-state index is 0.158. The van der Waals surface area contributed by atoms with Crippen LogP contribution in [0.1, 0.15) is 19.3 Å². The van der Waals surface area contributed by atoms with Gasteiger partial charge in [0.15, 0.2) is 0 Å². The van der Waals surface area contributed by atoms with E-state index in [9.17, 15) is 9.59 Å². The van der Waals surface area contributed by atoms with Crippen LogP contribution in [-0.2, 0) is 14.3 Å². The molecule has 2 aliphatic heterocycles. The molecule has 4 heteroatoms. The molecule has 0 aromatic rings. The van der Waals surface area contributed by atoms with Gasteiger partial charge in [-0.1, -0.05) is 0 Å². The Hall–Kier alpha value is -0.900. The number of fused-ring (bicyclic) bond motifs is 1. The number of methoxy groups -OCH3 is 1. The van der Waals surface area contributed by atoms with Crippen molar-refractivity contribution in [2.24, 2.45) is 0 Å². The highest BCUT2D eigenvalue weighted by atomic mass is 16.5. The number of ether oxygens (including phenoxy) is 1. The van der Waals surface area contributed by atoms with E-state index < -0.39 is 5.54 Å². The van der Waals surface area contributed by atoms with Crippen LogP contribution in [0.25, 0.3) is 0 Å². The first-order chi connectivity index (χ1) is 6.19. The van der Waals surface area contributed by atoms with Crippen LogP contribution in [0.2, 0.25) is 0 Å². The van der Waals surface area contributed by atoms with Crippen LogP contribution >= 0.6 is 0 Å². The number of hydrogen-bond donors (Lipinski definition) is 0. The van der Waals surface area contributed by atoms with Gasteiger partial charge in [-0.15, -0.1) is 0 Å². The number of esters is 1. The van der Waals surface area contributed by atoms with Gasteiger partial charge in [0.2, 0.25) is 0 Å². The van der Waals surface area contributed by atoms with E-state index in [0.717, 1.165) is 19.4 Å². The Bertz CT molecular complexity index is 264. The molecule has 2 rings (SSSR count). The molecule has 1 atom stereocenters. The quantitative estimate of drug-likeness (QED) is 0.535. The third-order valence-corrected chi connectivity index (χ3v) is 3.05. The molecular formula is C9H13NO3. The molecule has 2 heterocycles. The van der Waals surface area contributed by atoms with Crippen molar-refractivity contribution in [2.45, 2.75) is 24.8 Å². The van der Waals surface area contributed by atoms with Gasteiger partial charge in [-0.05, 0) is 19.4 Å². The third kappa shape index (κ3) is 1.09. The predicted octanol–water partition coefficient (Wildman–Crippen LogP) is -0.0332. The van der Waals surface area contributed by atoms with Crippen molar-refractivity contribution in [3.63, 3.8) is 0 Å². The highest BCUT2D eigenvalue weighted by Gasteiger charge is 2.54. The average molecular weight is 183 g/mol. The summed E-state index contributed by atoms with van der Waals surface area (Å²) in [5.41, 5.74) is -0.591. The maximum absolute atomic E-state index is 11.5. The lowest BCUT2D eigenvalue weighted by Gasteiger charge is -2.27. The van der Waals surface area contributed by atoms with E-state index in [1.807, 2.05) is 4.90 Å². The van der Waals surface area contributed by atoms with E-state index in [1.54, 1.807) is 0 Å². The zero-order valence-electron chi connectivity index (χ0n) is 7.71. The number of nitrogens with zero attached hydrogens (tertiary/aromatic N) is 1. The molecule has 13 heavy (non-hydrogen) atoms. The Morgan fingerprint density at radius 3 is 3.08 bits per heavy atom. The Balaban J connectivity index is 2.27. The van der Waals surface area contributed by atoms with Gasteiger partial charge in [0, 0.05) is 6.42 Å². The van der Waals surface area contributed by atoms with Crippen LogP contribution in [0, 0.1) is 0 Å². The van der Waals surface area contributed by atoms with Crippen LogP contribution in [0.3, 0.4) is 0 Å². The minimum Gasteiger partial charge on any atom is -0.468 e. The number of Topliss-reactive ketones (excluding diaryl/α,β-unsaturated/α-hetero) is 1. The number of ketones is 1. The zero-order valence-corrected chi connectivity index (χ0v) is 7.71. The molecule has 0 aliphatic carbocycles. The molecule has 0 spiro atoms. The number of carbonyl (C=O) groups is 2. The second-order valence-electron chi connectivity index (χ2n) is 3.76. The molecule has 2 fully saturated rings. The van der Waals surface area contributed by atoms with Crippen molar-refractivity contribution in [1.82, 2.24) is 4.90 Å². The average Bonchev–Trinajstić information content (AvgIpc) is 2.59. The maximum atomic E-state index is 11.5. The predicted molar refractivity (Wildman–Crippen MR) is 45.2 cm³/mol. The summed E-state index contributed by atoms with van der Waals surface area (Å²) in [6.07, 6.45) is 2.10. The first kappa shape index (κ1) is 8.69. The van der Waals surface area contributed by atoms with Crippen molar-refractivity contribution >= 4 is 11.8 Å².